The van der Waals surface area contributed by atoms with E-state index in [-0.39, 0.29) is 43.8 Å². The summed E-state index contributed by atoms with van der Waals surface area (Å²) in [5.41, 5.74) is 0. The van der Waals surface area contributed by atoms with E-state index in [9.17, 15) is 40.2 Å². The third kappa shape index (κ3) is 10.6. The van der Waals surface area contributed by atoms with Gasteiger partial charge in [-0.2, -0.15) is 0 Å². The van der Waals surface area contributed by atoms with Crippen molar-refractivity contribution in [1.29, 1.82) is 0 Å². The summed E-state index contributed by atoms with van der Waals surface area (Å²) in [4.78, 5) is 22.7. The fraction of sp³-hybridized carbons (Fsp3) is 0.935. The van der Waals surface area contributed by atoms with E-state index < -0.39 is 79.5 Å². The van der Waals surface area contributed by atoms with Crippen LogP contribution in [-0.4, -0.2) is 128 Å². The summed E-state index contributed by atoms with van der Waals surface area (Å²) < 4.78 is 18.1. The first-order valence-electron chi connectivity index (χ1n) is 16.4. The molecule has 13 heteroatoms. The fourth-order valence-corrected chi connectivity index (χ4v) is 6.98. The maximum atomic E-state index is 12.1. The number of rotatable bonds is 16. The van der Waals surface area contributed by atoms with Gasteiger partial charge in [0.1, 0.15) is 24.4 Å². The molecule has 44 heavy (non-hydrogen) atoms. The van der Waals surface area contributed by atoms with Crippen LogP contribution >= 0.6 is 0 Å². The number of aliphatic hydroxyl groups is 6. The molecule has 3 rings (SSSR count). The van der Waals surface area contributed by atoms with Gasteiger partial charge >= 0.3 is 5.97 Å². The van der Waals surface area contributed by atoms with Gasteiger partial charge in [0.2, 0.25) is 5.91 Å². The predicted molar refractivity (Wildman–Crippen MR) is 157 cm³/mol. The van der Waals surface area contributed by atoms with Crippen molar-refractivity contribution in [2.75, 3.05) is 13.2 Å². The van der Waals surface area contributed by atoms with Crippen molar-refractivity contribution >= 4 is 11.9 Å². The average molecular weight is 634 g/mol. The molecule has 3 saturated heterocycles. The molecule has 13 atom stereocenters. The van der Waals surface area contributed by atoms with E-state index in [1.165, 1.54) is 6.92 Å². The van der Waals surface area contributed by atoms with Crippen LogP contribution in [0.4, 0.5) is 0 Å². The standard InChI is InChI=1S/C31H55NO12/c1-17-28(38)31(41)30(40)24(43-17)13-19-12-21(35)25(15-33)44-23(19)14-20-16-42-22(27(29(20)39)32-18(2)34)10-8-6-4-3-5-7-9-11-26(36)37/h17,19-25,27-31,33,35,38-41H,3-16H2,1-2H3,(H,32,34)(H,36,37)/t17-,19+,20+,21+,22-,23-,24-,25+,27-,28+,29-,30+,31+/m0/s1. The summed E-state index contributed by atoms with van der Waals surface area (Å²) in [5, 5.41) is 74.4. The van der Waals surface area contributed by atoms with Gasteiger partial charge in [-0.3, -0.25) is 9.59 Å². The molecule has 3 aliphatic heterocycles. The van der Waals surface area contributed by atoms with Gasteiger partial charge < -0.3 is 55.3 Å². The zero-order valence-corrected chi connectivity index (χ0v) is 26.1. The number of carboxylic acids is 1. The third-order valence-electron chi connectivity index (χ3n) is 9.58. The summed E-state index contributed by atoms with van der Waals surface area (Å²) >= 11 is 0. The van der Waals surface area contributed by atoms with E-state index in [0.29, 0.717) is 19.3 Å². The molecule has 256 valence electrons. The molecule has 0 aromatic rings. The van der Waals surface area contributed by atoms with Crippen molar-refractivity contribution in [2.45, 2.75) is 158 Å². The number of carboxylic acid groups (broad SMARTS) is 1. The second-order valence-corrected chi connectivity index (χ2v) is 13.0. The summed E-state index contributed by atoms with van der Waals surface area (Å²) in [6, 6.07) is -0.621. The van der Waals surface area contributed by atoms with Gasteiger partial charge in [-0.1, -0.05) is 38.5 Å². The Labute approximate surface area is 259 Å². The number of aliphatic carboxylic acids is 1. The minimum absolute atomic E-state index is 0.205. The number of unbranched alkanes of at least 4 members (excludes halogenated alkanes) is 6. The first-order valence-corrected chi connectivity index (χ1v) is 16.4. The molecule has 0 unspecified atom stereocenters. The Bertz CT molecular complexity index is 879. The Morgan fingerprint density at radius 1 is 0.750 bits per heavy atom. The summed E-state index contributed by atoms with van der Waals surface area (Å²) in [6.45, 7) is 2.84. The highest BCUT2D eigenvalue weighted by atomic mass is 16.5. The van der Waals surface area contributed by atoms with Crippen LogP contribution < -0.4 is 5.32 Å². The molecule has 0 aromatic heterocycles. The van der Waals surface area contributed by atoms with E-state index in [1.54, 1.807) is 6.92 Å². The number of nitrogens with one attached hydrogen (secondary N) is 1. The Morgan fingerprint density at radius 3 is 2.02 bits per heavy atom. The van der Waals surface area contributed by atoms with Crippen LogP contribution in [0.25, 0.3) is 0 Å². The van der Waals surface area contributed by atoms with Gasteiger partial charge in [0.15, 0.2) is 0 Å². The van der Waals surface area contributed by atoms with Crippen LogP contribution in [0.2, 0.25) is 0 Å². The summed E-state index contributed by atoms with van der Waals surface area (Å²) in [6.07, 6.45) is -0.970. The predicted octanol–water partition coefficient (Wildman–Crippen LogP) is 0.240. The van der Waals surface area contributed by atoms with Gasteiger partial charge in [-0.15, -0.1) is 0 Å². The lowest BCUT2D eigenvalue weighted by molar-refractivity contribution is -0.231. The van der Waals surface area contributed by atoms with E-state index >= 15 is 0 Å². The lowest BCUT2D eigenvalue weighted by Crippen LogP contribution is -2.60. The molecule has 3 fully saturated rings. The Balaban J connectivity index is 1.58. The summed E-state index contributed by atoms with van der Waals surface area (Å²) in [5.74, 6) is -1.81. The van der Waals surface area contributed by atoms with Crippen molar-refractivity contribution in [3.63, 3.8) is 0 Å². The van der Waals surface area contributed by atoms with Gasteiger partial charge in [0, 0.05) is 19.3 Å². The lowest BCUT2D eigenvalue weighted by atomic mass is 9.77. The van der Waals surface area contributed by atoms with Crippen molar-refractivity contribution in [3.8, 4) is 0 Å². The zero-order chi connectivity index (χ0) is 32.4. The van der Waals surface area contributed by atoms with Crippen LogP contribution in [0.15, 0.2) is 0 Å². The second kappa shape index (κ2) is 18.1. The van der Waals surface area contributed by atoms with Crippen LogP contribution in [0.1, 0.15) is 90.9 Å². The number of hydrogen-bond acceptors (Lipinski definition) is 11. The quantitative estimate of drug-likeness (QED) is 0.107. The molecule has 0 spiro atoms. The number of amides is 1. The molecule has 0 aliphatic carbocycles. The van der Waals surface area contributed by atoms with E-state index in [1.807, 2.05) is 0 Å². The highest BCUT2D eigenvalue weighted by Crippen LogP contribution is 2.38. The number of carbonyl (C=O) groups is 2. The van der Waals surface area contributed by atoms with Crippen LogP contribution in [0.5, 0.6) is 0 Å². The largest absolute Gasteiger partial charge is 0.481 e. The molecule has 1 amide bonds. The Kier molecular flexibility index (Phi) is 15.2. The van der Waals surface area contributed by atoms with E-state index in [0.717, 1.165) is 38.5 Å². The number of aliphatic hydroxyl groups excluding tert-OH is 6. The highest BCUT2D eigenvalue weighted by Gasteiger charge is 2.47. The van der Waals surface area contributed by atoms with Crippen molar-refractivity contribution < 1.29 is 59.5 Å². The maximum absolute atomic E-state index is 12.1. The molecule has 0 aromatic carbocycles. The number of hydrogen-bond donors (Lipinski definition) is 8. The monoisotopic (exact) mass is 633 g/mol. The molecular weight excluding hydrogens is 578 g/mol. The first kappa shape index (κ1) is 37.0. The molecule has 8 N–H and O–H groups in total. The van der Waals surface area contributed by atoms with Gasteiger partial charge in [-0.05, 0) is 44.9 Å². The normalized spacial score (nSPS) is 39.6. The Morgan fingerprint density at radius 2 is 1.39 bits per heavy atom. The van der Waals surface area contributed by atoms with Crippen molar-refractivity contribution in [3.05, 3.63) is 0 Å². The molecule has 13 nitrogen and oxygen atoms in total. The lowest BCUT2D eigenvalue weighted by Gasteiger charge is -2.46. The average Bonchev–Trinajstić information content (AvgIpc) is 2.97. The molecular formula is C31H55NO12. The SMILES string of the molecule is CC(=O)N[C@@H]1[C@@H](O)[C@H](C[C@@H]2O[C@H](CO)[C@H](O)C[C@@H]2C[C@@H]2O[C@@H](C)[C@@H](O)[C@@H](O)[C@@H]2O)CO[C@H]1CCCCCCCCCC(=O)O. The molecule has 0 bridgehead atoms. The van der Waals surface area contributed by atoms with Crippen molar-refractivity contribution in [1.82, 2.24) is 5.32 Å². The minimum Gasteiger partial charge on any atom is -0.481 e. The highest BCUT2D eigenvalue weighted by molar-refractivity contribution is 5.73. The van der Waals surface area contributed by atoms with Crippen LogP contribution in [0, 0.1) is 11.8 Å². The topological polar surface area (TPSA) is 215 Å². The summed E-state index contributed by atoms with van der Waals surface area (Å²) in [7, 11) is 0. The maximum Gasteiger partial charge on any atom is 0.303 e. The smallest absolute Gasteiger partial charge is 0.303 e. The number of carbonyl (C=O) groups excluding carboxylic acids is 1. The Hall–Kier alpha value is -1.42. The molecule has 3 aliphatic rings. The zero-order valence-electron chi connectivity index (χ0n) is 26.1. The van der Waals surface area contributed by atoms with Gasteiger partial charge in [0.05, 0.1) is 55.9 Å². The van der Waals surface area contributed by atoms with Gasteiger partial charge in [-0.25, -0.2) is 0 Å². The number of ether oxygens (including phenoxy) is 3. The molecule has 0 radical (unpaired) electrons. The van der Waals surface area contributed by atoms with Crippen LogP contribution in [0.3, 0.4) is 0 Å². The fourth-order valence-electron chi connectivity index (χ4n) is 6.98. The molecule has 3 heterocycles. The third-order valence-corrected chi connectivity index (χ3v) is 9.58. The van der Waals surface area contributed by atoms with Crippen LogP contribution in [-0.2, 0) is 23.8 Å². The van der Waals surface area contributed by atoms with E-state index in [4.69, 9.17) is 19.3 Å². The second-order valence-electron chi connectivity index (χ2n) is 13.0. The minimum atomic E-state index is -1.38. The van der Waals surface area contributed by atoms with Gasteiger partial charge in [0.25, 0.3) is 0 Å². The molecule has 0 saturated carbocycles. The first-order chi connectivity index (χ1) is 20.9. The van der Waals surface area contributed by atoms with E-state index in [2.05, 4.69) is 5.32 Å². The van der Waals surface area contributed by atoms with Crippen molar-refractivity contribution in [2.24, 2.45) is 11.8 Å².